The predicted molar refractivity (Wildman–Crippen MR) is 97.1 cm³/mol. The molecule has 1 aromatic heterocycles. The van der Waals surface area contributed by atoms with Crippen LogP contribution < -0.4 is 10.3 Å². The van der Waals surface area contributed by atoms with Crippen molar-refractivity contribution in [2.45, 2.75) is 31.9 Å². The first kappa shape index (κ1) is 18.2. The zero-order valence-electron chi connectivity index (χ0n) is 15.6. The average molecular weight is 384 g/mol. The molecule has 3 atom stereocenters. The Morgan fingerprint density at radius 2 is 2.04 bits per heavy atom. The van der Waals surface area contributed by atoms with Gasteiger partial charge in [-0.05, 0) is 25.5 Å². The summed E-state index contributed by atoms with van der Waals surface area (Å²) < 4.78 is 18.2. The third kappa shape index (κ3) is 2.85. The van der Waals surface area contributed by atoms with Gasteiger partial charge in [-0.25, -0.2) is 4.79 Å². The van der Waals surface area contributed by atoms with Crippen molar-refractivity contribution in [3.63, 3.8) is 0 Å². The molecule has 0 spiro atoms. The Morgan fingerprint density at radius 1 is 1.29 bits per heavy atom. The highest BCUT2D eigenvalue weighted by molar-refractivity contribution is 5.90. The quantitative estimate of drug-likeness (QED) is 0.743. The van der Waals surface area contributed by atoms with Crippen molar-refractivity contribution in [1.29, 1.82) is 0 Å². The van der Waals surface area contributed by atoms with Crippen LogP contribution in [0, 0.1) is 12.3 Å². The van der Waals surface area contributed by atoms with E-state index in [9.17, 15) is 14.4 Å². The van der Waals surface area contributed by atoms with E-state index in [1.54, 1.807) is 48.0 Å². The molecule has 8 nitrogen and oxygen atoms in total. The molecule has 0 radical (unpaired) electrons. The van der Waals surface area contributed by atoms with Crippen LogP contribution >= 0.6 is 0 Å². The molecular formula is C20H20N2O6. The van der Waals surface area contributed by atoms with E-state index in [-0.39, 0.29) is 24.2 Å². The Hall–Kier alpha value is -3.16. The second kappa shape index (κ2) is 6.78. The van der Waals surface area contributed by atoms with E-state index in [4.69, 9.17) is 14.2 Å². The second-order valence-corrected chi connectivity index (χ2v) is 7.21. The summed E-state index contributed by atoms with van der Waals surface area (Å²) in [5.74, 6) is -1.01. The molecule has 146 valence electrons. The van der Waals surface area contributed by atoms with Crippen molar-refractivity contribution in [3.05, 3.63) is 58.0 Å². The number of hydrogen-bond donors (Lipinski definition) is 0. The van der Waals surface area contributed by atoms with E-state index in [1.165, 1.54) is 7.11 Å². The summed E-state index contributed by atoms with van der Waals surface area (Å²) in [7, 11) is 1.30. The fourth-order valence-corrected chi connectivity index (χ4v) is 3.99. The second-order valence-electron chi connectivity index (χ2n) is 7.21. The van der Waals surface area contributed by atoms with Gasteiger partial charge in [0.05, 0.1) is 12.7 Å². The monoisotopic (exact) mass is 384 g/mol. The molecule has 0 saturated heterocycles. The van der Waals surface area contributed by atoms with Gasteiger partial charge in [0, 0.05) is 24.2 Å². The lowest BCUT2D eigenvalue weighted by atomic mass is 9.84. The Balaban J connectivity index is 1.70. The third-order valence-corrected chi connectivity index (χ3v) is 5.49. The maximum atomic E-state index is 12.7. The van der Waals surface area contributed by atoms with E-state index >= 15 is 0 Å². The highest BCUT2D eigenvalue weighted by Gasteiger charge is 2.59. The molecule has 2 bridgehead atoms. The molecule has 8 heteroatoms. The minimum absolute atomic E-state index is 0.0849. The minimum atomic E-state index is -1.16. The van der Waals surface area contributed by atoms with Crippen molar-refractivity contribution in [2.75, 3.05) is 13.7 Å². The zero-order chi connectivity index (χ0) is 19.9. The summed E-state index contributed by atoms with van der Waals surface area (Å²) in [4.78, 5) is 41.2. The number of ether oxygens (including phenoxy) is 3. The van der Waals surface area contributed by atoms with Crippen LogP contribution in [0.2, 0.25) is 0 Å². The molecule has 0 N–H and O–H groups in total. The Kier molecular flexibility index (Phi) is 4.41. The number of carbonyl (C=O) groups excluding carboxylic acids is 2. The van der Waals surface area contributed by atoms with Crippen LogP contribution in [0.4, 0.5) is 0 Å². The predicted octanol–water partition coefficient (Wildman–Crippen LogP) is 1.66. The van der Waals surface area contributed by atoms with E-state index in [0.29, 0.717) is 24.0 Å². The van der Waals surface area contributed by atoms with Gasteiger partial charge in [-0.15, -0.1) is 0 Å². The van der Waals surface area contributed by atoms with Crippen LogP contribution in [0.1, 0.15) is 34.8 Å². The lowest BCUT2D eigenvalue weighted by molar-refractivity contribution is -0.161. The molecule has 28 heavy (non-hydrogen) atoms. The van der Waals surface area contributed by atoms with Gasteiger partial charge >= 0.3 is 11.9 Å². The first-order valence-corrected chi connectivity index (χ1v) is 9.01. The third-order valence-electron chi connectivity index (χ3n) is 5.49. The fourth-order valence-electron chi connectivity index (χ4n) is 3.99. The molecular weight excluding hydrogens is 364 g/mol. The lowest BCUT2D eigenvalue weighted by Crippen LogP contribution is -2.46. The van der Waals surface area contributed by atoms with Crippen LogP contribution in [0.25, 0.3) is 0 Å². The van der Waals surface area contributed by atoms with Crippen LogP contribution in [0.15, 0.2) is 41.3 Å². The van der Waals surface area contributed by atoms with Crippen molar-refractivity contribution in [1.82, 2.24) is 9.55 Å². The summed E-state index contributed by atoms with van der Waals surface area (Å²) >= 11 is 0. The zero-order valence-corrected chi connectivity index (χ0v) is 15.6. The topological polar surface area (TPSA) is 96.7 Å². The SMILES string of the molecule is COC(=O)[C@@]12COc3nc(=O)c(C)cn3[C@@H](C[C@H]1OC(=O)c1ccccc1)C2. The number of fused-ring (bicyclic) bond motifs is 4. The number of aryl methyl sites for hydroxylation is 1. The fraction of sp³-hybridized carbons (Fsp3) is 0.400. The van der Waals surface area contributed by atoms with Gasteiger partial charge in [-0.3, -0.25) is 14.2 Å². The molecule has 0 unspecified atom stereocenters. The summed E-state index contributed by atoms with van der Waals surface area (Å²) in [6, 6.07) is 8.56. The Bertz CT molecular complexity index is 986. The maximum Gasteiger partial charge on any atom is 0.338 e. The van der Waals surface area contributed by atoms with Gasteiger partial charge in [-0.1, -0.05) is 18.2 Å². The average Bonchev–Trinajstić information content (AvgIpc) is 2.99. The molecule has 2 aromatic rings. The first-order valence-electron chi connectivity index (χ1n) is 9.01. The molecule has 2 heterocycles. The largest absolute Gasteiger partial charge is 0.468 e. The van der Waals surface area contributed by atoms with Gasteiger partial charge in [0.2, 0.25) is 0 Å². The molecule has 2 aliphatic rings. The van der Waals surface area contributed by atoms with Crippen molar-refractivity contribution >= 4 is 11.9 Å². The van der Waals surface area contributed by atoms with Crippen LogP contribution in [-0.4, -0.2) is 41.3 Å². The van der Waals surface area contributed by atoms with Crippen LogP contribution in [0.5, 0.6) is 6.01 Å². The van der Waals surface area contributed by atoms with Gasteiger partial charge in [0.25, 0.3) is 11.6 Å². The number of carbonyl (C=O) groups is 2. The highest BCUT2D eigenvalue weighted by atomic mass is 16.6. The lowest BCUT2D eigenvalue weighted by Gasteiger charge is -2.31. The summed E-state index contributed by atoms with van der Waals surface area (Å²) in [6.07, 6.45) is 1.71. The standard InChI is InChI=1S/C20H20N2O6/c1-12-10-22-14-8-15(28-17(24)13-6-4-3-5-7-13)20(9-14,18(25)26-2)11-27-19(22)21-16(12)23/h3-7,10,14-15H,8-9,11H2,1-2H3/t14-,15+,20-/m0/s1. The van der Waals surface area contributed by atoms with Gasteiger partial charge in [0.15, 0.2) is 0 Å². The normalized spacial score (nSPS) is 25.2. The molecule has 4 rings (SSSR count). The smallest absolute Gasteiger partial charge is 0.338 e. The number of esters is 2. The first-order chi connectivity index (χ1) is 13.4. The van der Waals surface area contributed by atoms with Crippen LogP contribution in [0.3, 0.4) is 0 Å². The van der Waals surface area contributed by atoms with Gasteiger partial charge in [-0.2, -0.15) is 4.98 Å². The van der Waals surface area contributed by atoms with Crippen molar-refractivity contribution in [3.8, 4) is 6.01 Å². The molecule has 1 aliphatic heterocycles. The van der Waals surface area contributed by atoms with E-state index in [2.05, 4.69) is 4.98 Å². The number of hydrogen-bond acceptors (Lipinski definition) is 7. The number of nitrogens with zero attached hydrogens (tertiary/aromatic N) is 2. The molecule has 1 aromatic carbocycles. The van der Waals surface area contributed by atoms with Gasteiger partial charge < -0.3 is 14.2 Å². The van der Waals surface area contributed by atoms with E-state index in [1.807, 2.05) is 0 Å². The summed E-state index contributed by atoms with van der Waals surface area (Å²) in [6.45, 7) is 1.58. The number of aromatic nitrogens is 2. The highest BCUT2D eigenvalue weighted by Crippen LogP contribution is 2.50. The van der Waals surface area contributed by atoms with Crippen molar-refractivity contribution < 1.29 is 23.8 Å². The molecule has 0 amide bonds. The molecule has 1 aliphatic carbocycles. The number of methoxy groups -OCH3 is 1. The number of rotatable bonds is 3. The minimum Gasteiger partial charge on any atom is -0.468 e. The Labute approximate surface area is 161 Å². The molecule has 1 saturated carbocycles. The number of benzene rings is 1. The summed E-state index contributed by atoms with van der Waals surface area (Å²) in [5.41, 5.74) is -0.649. The van der Waals surface area contributed by atoms with Crippen LogP contribution in [-0.2, 0) is 14.3 Å². The summed E-state index contributed by atoms with van der Waals surface area (Å²) in [5, 5.41) is 0. The van der Waals surface area contributed by atoms with Crippen molar-refractivity contribution in [2.24, 2.45) is 5.41 Å². The molecule has 1 fully saturated rings. The Morgan fingerprint density at radius 3 is 2.75 bits per heavy atom. The maximum absolute atomic E-state index is 12.7. The van der Waals surface area contributed by atoms with E-state index in [0.717, 1.165) is 0 Å². The van der Waals surface area contributed by atoms with Gasteiger partial charge in [0.1, 0.15) is 18.1 Å². The van der Waals surface area contributed by atoms with E-state index < -0.39 is 23.5 Å².